The number of rotatable bonds is 6. The third-order valence-corrected chi connectivity index (χ3v) is 8.95. The van der Waals surface area contributed by atoms with E-state index in [9.17, 15) is 60.0 Å². The molecule has 0 aromatic heterocycles. The van der Waals surface area contributed by atoms with E-state index in [1.807, 2.05) is 0 Å². The number of hydrogen-bond donors (Lipinski definition) is 2. The van der Waals surface area contributed by atoms with Gasteiger partial charge in [-0.3, -0.25) is 0 Å². The lowest BCUT2D eigenvalue weighted by Gasteiger charge is -2.12. The van der Waals surface area contributed by atoms with Crippen molar-refractivity contribution >= 4 is 40.1 Å². The van der Waals surface area contributed by atoms with E-state index >= 15 is 0 Å². The number of alkyl halides is 6. The first kappa shape index (κ1) is 24.6. The van der Waals surface area contributed by atoms with Crippen molar-refractivity contribution < 1.29 is 60.0 Å². The van der Waals surface area contributed by atoms with Crippen LogP contribution in [0.15, 0.2) is 34.1 Å². The molecule has 28 heavy (non-hydrogen) atoms. The lowest BCUT2D eigenvalue weighted by Crippen LogP contribution is -2.41. The summed E-state index contributed by atoms with van der Waals surface area (Å²) < 4.78 is 164. The molecule has 0 saturated carbocycles. The van der Waals surface area contributed by atoms with Crippen LogP contribution < -0.4 is 8.25 Å². The third-order valence-electron chi connectivity index (χ3n) is 2.47. The van der Waals surface area contributed by atoms with Crippen LogP contribution in [0, 0.1) is 0 Å². The maximum absolute atomic E-state index is 12.3. The van der Waals surface area contributed by atoms with Crippen molar-refractivity contribution in [3.63, 3.8) is 0 Å². The van der Waals surface area contributed by atoms with Gasteiger partial charge in [0.2, 0.25) is 0 Å². The van der Waals surface area contributed by atoms with E-state index in [1.54, 1.807) is 0 Å². The first-order chi connectivity index (χ1) is 12.1. The van der Waals surface area contributed by atoms with Gasteiger partial charge < -0.3 is 0 Å². The second-order valence-corrected chi connectivity index (χ2v) is 11.8. The van der Waals surface area contributed by atoms with Gasteiger partial charge in [-0.15, -0.1) is 0 Å². The summed E-state index contributed by atoms with van der Waals surface area (Å²) >= 11 is 0. The van der Waals surface area contributed by atoms with E-state index in [-0.39, 0.29) is 14.3 Å². The van der Waals surface area contributed by atoms with E-state index in [2.05, 4.69) is 0 Å². The lowest BCUT2D eigenvalue weighted by atomic mass is 10.4. The fraction of sp³-hybridized carbons (Fsp3) is 0.250. The minimum atomic E-state index is -6.45. The molecule has 0 bridgehead atoms. The van der Waals surface area contributed by atoms with Gasteiger partial charge >= 0.3 is 31.1 Å². The zero-order chi connectivity index (χ0) is 22.4. The molecule has 10 nitrogen and oxygen atoms in total. The standard InChI is InChI=1S/C8H6F6N2O8S4/c9-7(10,11)27(21,22)15-25(17,18)5-2-1-3-6(4-5)26(19,20)16-28(23,24)8(12,13)14/h1-4,15-16H. The van der Waals surface area contributed by atoms with Crippen LogP contribution >= 0.6 is 0 Å². The summed E-state index contributed by atoms with van der Waals surface area (Å²) in [6.45, 7) is 0. The highest BCUT2D eigenvalue weighted by atomic mass is 32.3. The largest absolute Gasteiger partial charge is 0.512 e. The summed E-state index contributed by atoms with van der Waals surface area (Å²) in [5.41, 5.74) is -12.1. The topological polar surface area (TPSA) is 161 Å². The molecule has 1 aromatic carbocycles. The summed E-state index contributed by atoms with van der Waals surface area (Å²) in [6, 6.07) is 1.21. The Morgan fingerprint density at radius 1 is 0.607 bits per heavy atom. The van der Waals surface area contributed by atoms with Gasteiger partial charge in [-0.05, 0) is 18.2 Å². The van der Waals surface area contributed by atoms with Crippen molar-refractivity contribution in [1.29, 1.82) is 0 Å². The molecule has 0 aliphatic rings. The fourth-order valence-electron chi connectivity index (χ4n) is 1.29. The van der Waals surface area contributed by atoms with Crippen molar-refractivity contribution in [3.05, 3.63) is 24.3 Å². The van der Waals surface area contributed by atoms with Crippen molar-refractivity contribution in [2.75, 3.05) is 0 Å². The Morgan fingerprint density at radius 2 is 0.893 bits per heavy atom. The van der Waals surface area contributed by atoms with E-state index in [0.29, 0.717) is 18.2 Å². The highest BCUT2D eigenvalue weighted by molar-refractivity contribution is 8.05. The first-order valence-electron chi connectivity index (χ1n) is 5.92. The highest BCUT2D eigenvalue weighted by Crippen LogP contribution is 2.26. The molecule has 0 aliphatic heterocycles. The molecule has 0 saturated heterocycles. The van der Waals surface area contributed by atoms with Crippen LogP contribution in [-0.4, -0.2) is 44.7 Å². The Bertz CT molecular complexity index is 1090. The average molecular weight is 500 g/mol. The van der Waals surface area contributed by atoms with Crippen molar-refractivity contribution in [3.8, 4) is 0 Å². The average Bonchev–Trinajstić information content (AvgIpc) is 2.42. The molecule has 0 amide bonds. The lowest BCUT2D eigenvalue weighted by molar-refractivity contribution is -0.0447. The molecule has 162 valence electrons. The molecule has 0 spiro atoms. The third kappa shape index (κ3) is 5.31. The van der Waals surface area contributed by atoms with Crippen molar-refractivity contribution in [2.45, 2.75) is 20.8 Å². The van der Waals surface area contributed by atoms with Gasteiger partial charge in [0.05, 0.1) is 9.79 Å². The first-order valence-corrected chi connectivity index (χ1v) is 11.9. The Labute approximate surface area is 153 Å². The zero-order valence-corrected chi connectivity index (χ0v) is 15.7. The normalized spacial score (nSPS) is 14.8. The minimum Gasteiger partial charge on any atom is -0.206 e. The Hall–Kier alpha value is -1.48. The molecular weight excluding hydrogens is 494 g/mol. The highest BCUT2D eigenvalue weighted by Gasteiger charge is 2.49. The van der Waals surface area contributed by atoms with E-state index in [4.69, 9.17) is 0 Å². The number of nitrogens with one attached hydrogen (secondary N) is 2. The smallest absolute Gasteiger partial charge is 0.206 e. The van der Waals surface area contributed by atoms with Gasteiger partial charge in [-0.1, -0.05) is 14.3 Å². The Kier molecular flexibility index (Phi) is 6.22. The summed E-state index contributed by atoms with van der Waals surface area (Å²) in [7, 11) is -24.1. The molecule has 0 heterocycles. The van der Waals surface area contributed by atoms with Crippen molar-refractivity contribution in [1.82, 2.24) is 8.25 Å². The predicted molar refractivity (Wildman–Crippen MR) is 77.0 cm³/mol. The molecule has 0 unspecified atom stereocenters. The van der Waals surface area contributed by atoms with Crippen LogP contribution in [0.1, 0.15) is 0 Å². The molecule has 0 fully saturated rings. The Balaban J connectivity index is 3.41. The Morgan fingerprint density at radius 3 is 1.14 bits per heavy atom. The van der Waals surface area contributed by atoms with Crippen LogP contribution in [0.25, 0.3) is 0 Å². The van der Waals surface area contributed by atoms with E-state index < -0.39 is 60.9 Å². The summed E-state index contributed by atoms with van der Waals surface area (Å²) in [5.74, 6) is 0. The molecule has 0 atom stereocenters. The monoisotopic (exact) mass is 500 g/mol. The minimum absolute atomic E-state index is 0.0670. The van der Waals surface area contributed by atoms with Gasteiger partial charge in [0.1, 0.15) is 0 Å². The van der Waals surface area contributed by atoms with Gasteiger partial charge in [-0.25, -0.2) is 33.7 Å². The molecule has 0 aliphatic carbocycles. The maximum atomic E-state index is 12.3. The molecule has 20 heteroatoms. The summed E-state index contributed by atoms with van der Waals surface area (Å²) in [5, 5.41) is 0. The predicted octanol–water partition coefficient (Wildman–Crippen LogP) is -0.0576. The summed E-state index contributed by atoms with van der Waals surface area (Å²) in [6.07, 6.45) is 0. The van der Waals surface area contributed by atoms with Crippen LogP contribution in [0.2, 0.25) is 0 Å². The maximum Gasteiger partial charge on any atom is 0.512 e. The van der Waals surface area contributed by atoms with E-state index in [1.165, 1.54) is 0 Å². The second-order valence-electron chi connectivity index (χ2n) is 4.55. The van der Waals surface area contributed by atoms with Gasteiger partial charge in [0.15, 0.2) is 0 Å². The molecule has 0 radical (unpaired) electrons. The van der Waals surface area contributed by atoms with Gasteiger partial charge in [0, 0.05) is 0 Å². The van der Waals surface area contributed by atoms with Crippen LogP contribution in [0.5, 0.6) is 0 Å². The SMILES string of the molecule is O=S(=O)(NS(=O)(=O)C(F)(F)F)c1cccc(S(=O)(=O)NS(=O)(=O)C(F)(F)F)c1. The quantitative estimate of drug-likeness (QED) is 0.514. The number of halogens is 6. The molecular formula is C8H6F6N2O8S4. The molecule has 2 N–H and O–H groups in total. The number of hydrogen-bond acceptors (Lipinski definition) is 8. The summed E-state index contributed by atoms with van der Waals surface area (Å²) in [4.78, 5) is -2.87. The van der Waals surface area contributed by atoms with Gasteiger partial charge in [-0.2, -0.15) is 26.3 Å². The number of benzene rings is 1. The van der Waals surface area contributed by atoms with Gasteiger partial charge in [0.25, 0.3) is 20.0 Å². The number of sulfonamides is 4. The van der Waals surface area contributed by atoms with Crippen LogP contribution in [0.3, 0.4) is 0 Å². The van der Waals surface area contributed by atoms with Crippen molar-refractivity contribution in [2.24, 2.45) is 0 Å². The van der Waals surface area contributed by atoms with Crippen LogP contribution in [0.4, 0.5) is 26.3 Å². The van der Waals surface area contributed by atoms with E-state index in [0.717, 1.165) is 0 Å². The second kappa shape index (κ2) is 7.09. The van der Waals surface area contributed by atoms with Crippen LogP contribution in [-0.2, 0) is 40.1 Å². The molecule has 1 aromatic rings. The fourth-order valence-corrected chi connectivity index (χ4v) is 6.28. The molecule has 1 rings (SSSR count). The zero-order valence-electron chi connectivity index (χ0n) is 12.5.